The maximum atomic E-state index is 12.7. The van der Waals surface area contributed by atoms with Gasteiger partial charge in [-0.2, -0.15) is 4.31 Å². The Labute approximate surface area is 124 Å². The lowest BCUT2D eigenvalue weighted by molar-refractivity contribution is 0.0696. The molecule has 0 unspecified atom stereocenters. The molecule has 0 aromatic heterocycles. The van der Waals surface area contributed by atoms with Gasteiger partial charge in [-0.25, -0.2) is 13.2 Å². The zero-order valence-electron chi connectivity index (χ0n) is 12.0. The van der Waals surface area contributed by atoms with E-state index >= 15 is 0 Å². The summed E-state index contributed by atoms with van der Waals surface area (Å²) in [5.41, 5.74) is 1.16. The molecule has 0 spiro atoms. The number of carbonyl (C=O) groups is 1. The molecule has 2 N–H and O–H groups in total. The van der Waals surface area contributed by atoms with Crippen molar-refractivity contribution in [3.05, 3.63) is 28.8 Å². The Bertz CT molecular complexity index is 660. The molecule has 0 atom stereocenters. The van der Waals surface area contributed by atoms with Crippen LogP contribution >= 0.6 is 0 Å². The van der Waals surface area contributed by atoms with Crippen LogP contribution in [0, 0.1) is 13.8 Å². The second-order valence-corrected chi connectivity index (χ2v) is 7.26. The molecule has 0 amide bonds. The SMILES string of the molecule is Cc1cc(C(=O)O)cc(S(=O)(=O)N2CCC(O)CC2)c1C. The van der Waals surface area contributed by atoms with Gasteiger partial charge in [-0.3, -0.25) is 0 Å². The first-order chi connectivity index (χ1) is 9.73. The number of aliphatic hydroxyl groups excluding tert-OH is 1. The van der Waals surface area contributed by atoms with Crippen LogP contribution in [0.15, 0.2) is 17.0 Å². The Morgan fingerprint density at radius 1 is 1.24 bits per heavy atom. The predicted octanol–water partition coefficient (Wildman–Crippen LogP) is 1.15. The minimum Gasteiger partial charge on any atom is -0.478 e. The van der Waals surface area contributed by atoms with Gasteiger partial charge in [-0.05, 0) is 49.9 Å². The number of carboxylic acid groups (broad SMARTS) is 1. The van der Waals surface area contributed by atoms with E-state index in [0.29, 0.717) is 24.0 Å². The van der Waals surface area contributed by atoms with Gasteiger partial charge < -0.3 is 10.2 Å². The van der Waals surface area contributed by atoms with E-state index in [1.54, 1.807) is 13.8 Å². The van der Waals surface area contributed by atoms with Gasteiger partial charge in [-0.15, -0.1) is 0 Å². The molecule has 1 fully saturated rings. The fourth-order valence-electron chi connectivity index (χ4n) is 2.44. The van der Waals surface area contributed by atoms with Crippen LogP contribution in [0.25, 0.3) is 0 Å². The molecule has 0 bridgehead atoms. The largest absolute Gasteiger partial charge is 0.478 e. The number of aromatic carboxylic acids is 1. The summed E-state index contributed by atoms with van der Waals surface area (Å²) in [6, 6.07) is 2.68. The van der Waals surface area contributed by atoms with E-state index in [9.17, 15) is 18.3 Å². The highest BCUT2D eigenvalue weighted by molar-refractivity contribution is 7.89. The van der Waals surface area contributed by atoms with E-state index in [-0.39, 0.29) is 23.5 Å². The van der Waals surface area contributed by atoms with E-state index in [0.717, 1.165) is 0 Å². The lowest BCUT2D eigenvalue weighted by Crippen LogP contribution is -2.40. The van der Waals surface area contributed by atoms with Crippen LogP contribution in [0.3, 0.4) is 0 Å². The molecule has 0 saturated carbocycles. The van der Waals surface area contributed by atoms with Gasteiger partial charge in [0.25, 0.3) is 0 Å². The van der Waals surface area contributed by atoms with E-state index in [4.69, 9.17) is 5.11 Å². The maximum Gasteiger partial charge on any atom is 0.335 e. The van der Waals surface area contributed by atoms with Gasteiger partial charge in [0.2, 0.25) is 10.0 Å². The highest BCUT2D eigenvalue weighted by Crippen LogP contribution is 2.26. The Morgan fingerprint density at radius 2 is 1.81 bits per heavy atom. The Hall–Kier alpha value is -1.44. The van der Waals surface area contributed by atoms with Crippen LogP contribution in [-0.4, -0.2) is 48.1 Å². The number of aliphatic hydroxyl groups is 1. The summed E-state index contributed by atoms with van der Waals surface area (Å²) in [4.78, 5) is 11.2. The van der Waals surface area contributed by atoms with Crippen molar-refractivity contribution in [2.24, 2.45) is 0 Å². The zero-order chi connectivity index (χ0) is 15.8. The highest BCUT2D eigenvalue weighted by Gasteiger charge is 2.30. The van der Waals surface area contributed by atoms with Crippen molar-refractivity contribution in [3.63, 3.8) is 0 Å². The number of benzene rings is 1. The maximum absolute atomic E-state index is 12.7. The molecule has 7 heteroatoms. The third-order valence-corrected chi connectivity index (χ3v) is 5.93. The number of hydrogen-bond donors (Lipinski definition) is 2. The quantitative estimate of drug-likeness (QED) is 0.873. The van der Waals surface area contributed by atoms with E-state index in [1.807, 2.05) is 0 Å². The first-order valence-corrected chi connectivity index (χ1v) is 8.20. The van der Waals surface area contributed by atoms with Gasteiger partial charge in [0.05, 0.1) is 16.6 Å². The average molecular weight is 313 g/mol. The molecule has 1 aromatic carbocycles. The van der Waals surface area contributed by atoms with Crippen LogP contribution < -0.4 is 0 Å². The minimum atomic E-state index is -3.74. The molecule has 0 aliphatic carbocycles. The lowest BCUT2D eigenvalue weighted by Gasteiger charge is -2.29. The van der Waals surface area contributed by atoms with Gasteiger partial charge >= 0.3 is 5.97 Å². The molecular weight excluding hydrogens is 294 g/mol. The van der Waals surface area contributed by atoms with E-state index in [2.05, 4.69) is 0 Å². The molecule has 1 heterocycles. The molecule has 1 aromatic rings. The summed E-state index contributed by atoms with van der Waals surface area (Å²) in [6.45, 7) is 3.87. The van der Waals surface area contributed by atoms with Gasteiger partial charge in [0.15, 0.2) is 0 Å². The molecule has 2 rings (SSSR count). The molecule has 116 valence electrons. The van der Waals surface area contributed by atoms with Gasteiger partial charge in [0, 0.05) is 13.1 Å². The first-order valence-electron chi connectivity index (χ1n) is 6.76. The predicted molar refractivity (Wildman–Crippen MR) is 76.9 cm³/mol. The number of sulfonamides is 1. The molecule has 1 aliphatic rings. The normalized spacial score (nSPS) is 17.9. The number of aryl methyl sites for hydroxylation is 1. The summed E-state index contributed by atoms with van der Waals surface area (Å²) in [7, 11) is -3.74. The molecule has 6 nitrogen and oxygen atoms in total. The summed E-state index contributed by atoms with van der Waals surface area (Å²) in [5.74, 6) is -1.15. The fraction of sp³-hybridized carbons (Fsp3) is 0.500. The first kappa shape index (κ1) is 15.9. The summed E-state index contributed by atoms with van der Waals surface area (Å²) < 4.78 is 26.7. The van der Waals surface area contributed by atoms with Crippen molar-refractivity contribution in [2.75, 3.05) is 13.1 Å². The van der Waals surface area contributed by atoms with Crippen LogP contribution in [0.1, 0.15) is 34.3 Å². The monoisotopic (exact) mass is 313 g/mol. The Kier molecular flexibility index (Phi) is 4.36. The number of hydrogen-bond acceptors (Lipinski definition) is 4. The van der Waals surface area contributed by atoms with Gasteiger partial charge in [-0.1, -0.05) is 0 Å². The van der Waals surface area contributed by atoms with Crippen LogP contribution in [0.4, 0.5) is 0 Å². The van der Waals surface area contributed by atoms with Crippen molar-refractivity contribution in [1.29, 1.82) is 0 Å². The molecule has 1 saturated heterocycles. The third kappa shape index (κ3) is 3.09. The number of nitrogens with zero attached hydrogens (tertiary/aromatic N) is 1. The summed E-state index contributed by atoms with van der Waals surface area (Å²) in [5, 5.41) is 18.6. The third-order valence-electron chi connectivity index (χ3n) is 3.91. The Balaban J connectivity index is 2.47. The molecular formula is C14H19NO5S. The van der Waals surface area contributed by atoms with Gasteiger partial charge in [0.1, 0.15) is 0 Å². The standard InChI is InChI=1S/C14H19NO5S/c1-9-7-11(14(17)18)8-13(10(9)2)21(19,20)15-5-3-12(16)4-6-15/h7-8,12,16H,3-6H2,1-2H3,(H,17,18). The molecule has 0 radical (unpaired) electrons. The summed E-state index contributed by atoms with van der Waals surface area (Å²) >= 11 is 0. The van der Waals surface area contributed by atoms with Crippen molar-refractivity contribution < 1.29 is 23.4 Å². The van der Waals surface area contributed by atoms with Crippen LogP contribution in [-0.2, 0) is 10.0 Å². The van der Waals surface area contributed by atoms with E-state index < -0.39 is 22.1 Å². The number of piperidine rings is 1. The number of carboxylic acids is 1. The fourth-order valence-corrected chi connectivity index (χ4v) is 4.23. The van der Waals surface area contributed by atoms with Crippen molar-refractivity contribution in [2.45, 2.75) is 37.7 Å². The Morgan fingerprint density at radius 3 is 2.33 bits per heavy atom. The minimum absolute atomic E-state index is 0.0336. The summed E-state index contributed by atoms with van der Waals surface area (Å²) in [6.07, 6.45) is 0.329. The number of rotatable bonds is 3. The second-order valence-electron chi connectivity index (χ2n) is 5.36. The zero-order valence-corrected chi connectivity index (χ0v) is 12.9. The van der Waals surface area contributed by atoms with Crippen molar-refractivity contribution in [3.8, 4) is 0 Å². The van der Waals surface area contributed by atoms with Crippen LogP contribution in [0.5, 0.6) is 0 Å². The average Bonchev–Trinajstić information content (AvgIpc) is 2.41. The molecule has 1 aliphatic heterocycles. The van der Waals surface area contributed by atoms with Crippen LogP contribution in [0.2, 0.25) is 0 Å². The van der Waals surface area contributed by atoms with Crippen molar-refractivity contribution >= 4 is 16.0 Å². The molecule has 21 heavy (non-hydrogen) atoms. The lowest BCUT2D eigenvalue weighted by atomic mass is 10.1. The second kappa shape index (κ2) is 5.75. The highest BCUT2D eigenvalue weighted by atomic mass is 32.2. The van der Waals surface area contributed by atoms with Crippen molar-refractivity contribution in [1.82, 2.24) is 4.31 Å². The van der Waals surface area contributed by atoms with E-state index in [1.165, 1.54) is 16.4 Å². The topological polar surface area (TPSA) is 94.9 Å². The smallest absolute Gasteiger partial charge is 0.335 e.